The van der Waals surface area contributed by atoms with E-state index in [0.29, 0.717) is 5.52 Å². The number of hydrogen-bond acceptors (Lipinski definition) is 4. The van der Waals surface area contributed by atoms with E-state index in [1.807, 2.05) is 18.2 Å². The zero-order valence-electron chi connectivity index (χ0n) is 14.5. The number of carbonyl (C=O) groups is 1. The topological polar surface area (TPSA) is 96.7 Å². The van der Waals surface area contributed by atoms with Gasteiger partial charge >= 0.3 is 0 Å². The molecule has 1 heterocycles. The first kappa shape index (κ1) is 18.9. The van der Waals surface area contributed by atoms with Gasteiger partial charge in [0.05, 0.1) is 16.1 Å². The minimum absolute atomic E-state index is 0.0180. The summed E-state index contributed by atoms with van der Waals surface area (Å²) in [4.78, 5) is 18.0. The highest BCUT2D eigenvalue weighted by Crippen LogP contribution is 2.24. The molecule has 0 fully saturated rings. The number of hydrogen-bond donors (Lipinski definition) is 1. The third kappa shape index (κ3) is 4.09. The van der Waals surface area contributed by atoms with E-state index in [-0.39, 0.29) is 15.5 Å². The summed E-state index contributed by atoms with van der Waals surface area (Å²) >= 11 is 6.01. The minimum atomic E-state index is -4.04. The number of aromatic nitrogens is 2. The van der Waals surface area contributed by atoms with Gasteiger partial charge in [0.2, 0.25) is 0 Å². The fourth-order valence-corrected chi connectivity index (χ4v) is 3.70. The second-order valence-electron chi connectivity index (χ2n) is 5.85. The van der Waals surface area contributed by atoms with Crippen LogP contribution in [-0.4, -0.2) is 49.3 Å². The third-order valence-electron chi connectivity index (χ3n) is 3.56. The highest BCUT2D eigenvalue weighted by atomic mass is 35.5. The first-order chi connectivity index (χ1) is 12.8. The molecule has 0 aliphatic heterocycles. The molecule has 10 heteroatoms. The Morgan fingerprint density at radius 3 is 2.74 bits per heavy atom. The van der Waals surface area contributed by atoms with Crippen LogP contribution in [0, 0.1) is 0 Å². The van der Waals surface area contributed by atoms with Gasteiger partial charge in [-0.25, -0.2) is 9.66 Å². The molecule has 3 rings (SSSR count). The van der Waals surface area contributed by atoms with Gasteiger partial charge in [0.15, 0.2) is 0 Å². The van der Waals surface area contributed by atoms with Crippen LogP contribution in [0.3, 0.4) is 0 Å². The molecule has 0 aliphatic carbocycles. The van der Waals surface area contributed by atoms with Crippen molar-refractivity contribution in [3.8, 4) is 0 Å². The lowest BCUT2D eigenvalue weighted by molar-refractivity contribution is 0.101. The Labute approximate surface area is 161 Å². The van der Waals surface area contributed by atoms with E-state index in [0.717, 1.165) is 11.9 Å². The number of amides is 1. The molecule has 2 aromatic carbocycles. The number of para-hydroxylation sites is 2. The van der Waals surface area contributed by atoms with Crippen molar-refractivity contribution < 1.29 is 13.2 Å². The average Bonchev–Trinajstić information content (AvgIpc) is 3.03. The Kier molecular flexibility index (Phi) is 5.15. The summed E-state index contributed by atoms with van der Waals surface area (Å²) in [5, 5.41) is -0.0180. The van der Waals surface area contributed by atoms with Crippen molar-refractivity contribution >= 4 is 44.9 Å². The molecule has 27 heavy (non-hydrogen) atoms. The molecular formula is C17H16ClN5O3S. The molecule has 1 aromatic heterocycles. The SMILES string of the molecule is CN(C)C=NS(=O)(=O)c1cc(C(=O)Nn2cnc3ccccc32)ccc1Cl. The van der Waals surface area contributed by atoms with E-state index >= 15 is 0 Å². The van der Waals surface area contributed by atoms with Gasteiger partial charge in [-0.3, -0.25) is 10.2 Å². The molecular weight excluding hydrogens is 390 g/mol. The van der Waals surface area contributed by atoms with Crippen molar-refractivity contribution in [3.63, 3.8) is 0 Å². The highest BCUT2D eigenvalue weighted by Gasteiger charge is 2.19. The van der Waals surface area contributed by atoms with Crippen molar-refractivity contribution in [2.45, 2.75) is 4.90 Å². The molecule has 0 radical (unpaired) electrons. The Balaban J connectivity index is 1.92. The smallest absolute Gasteiger partial charge is 0.285 e. The van der Waals surface area contributed by atoms with Gasteiger partial charge < -0.3 is 4.90 Å². The van der Waals surface area contributed by atoms with Crippen molar-refractivity contribution in [3.05, 3.63) is 59.4 Å². The second kappa shape index (κ2) is 7.37. The van der Waals surface area contributed by atoms with Crippen LogP contribution in [0.1, 0.15) is 10.4 Å². The molecule has 1 N–H and O–H groups in total. The highest BCUT2D eigenvalue weighted by molar-refractivity contribution is 7.90. The molecule has 140 valence electrons. The van der Waals surface area contributed by atoms with E-state index < -0.39 is 15.9 Å². The van der Waals surface area contributed by atoms with Gasteiger partial charge in [0, 0.05) is 19.7 Å². The summed E-state index contributed by atoms with van der Waals surface area (Å²) in [6.45, 7) is 0. The number of carbonyl (C=O) groups excluding carboxylic acids is 1. The number of benzene rings is 2. The molecule has 1 amide bonds. The average molecular weight is 406 g/mol. The largest absolute Gasteiger partial charge is 0.368 e. The number of sulfonamides is 1. The number of nitrogens with one attached hydrogen (secondary N) is 1. The summed E-state index contributed by atoms with van der Waals surface area (Å²) < 4.78 is 29.7. The molecule has 0 saturated carbocycles. The third-order valence-corrected chi connectivity index (χ3v) is 5.27. The van der Waals surface area contributed by atoms with Crippen molar-refractivity contribution in [2.24, 2.45) is 4.40 Å². The summed E-state index contributed by atoms with van der Waals surface area (Å²) in [7, 11) is -0.764. The Morgan fingerprint density at radius 2 is 2.00 bits per heavy atom. The summed E-state index contributed by atoms with van der Waals surface area (Å²) in [5.74, 6) is -0.511. The Hall–Kier alpha value is -2.91. The normalized spacial score (nSPS) is 11.8. The number of imidazole rings is 1. The van der Waals surface area contributed by atoms with Gasteiger partial charge in [-0.05, 0) is 30.3 Å². The standard InChI is InChI=1S/C17H16ClN5O3S/c1-22(2)11-20-27(25,26)16-9-12(7-8-13(16)18)17(24)21-23-10-19-14-5-3-4-6-15(14)23/h3-11H,1-2H3,(H,21,24). The zero-order valence-corrected chi connectivity index (χ0v) is 16.1. The van der Waals surface area contributed by atoms with Crippen LogP contribution in [0.2, 0.25) is 5.02 Å². The van der Waals surface area contributed by atoms with Gasteiger partial charge in [-0.1, -0.05) is 23.7 Å². The van der Waals surface area contributed by atoms with Crippen LogP contribution in [0.15, 0.2) is 58.1 Å². The quantitative estimate of drug-likeness (QED) is 0.519. The zero-order chi connectivity index (χ0) is 19.6. The summed E-state index contributed by atoms with van der Waals surface area (Å²) in [5.41, 5.74) is 4.21. The van der Waals surface area contributed by atoms with Crippen molar-refractivity contribution in [1.82, 2.24) is 14.6 Å². The first-order valence-corrected chi connectivity index (χ1v) is 9.59. The molecule has 0 spiro atoms. The first-order valence-electron chi connectivity index (χ1n) is 7.78. The van der Waals surface area contributed by atoms with E-state index in [9.17, 15) is 13.2 Å². The van der Waals surface area contributed by atoms with Crippen LogP contribution in [0.5, 0.6) is 0 Å². The van der Waals surface area contributed by atoms with E-state index in [4.69, 9.17) is 11.6 Å². The van der Waals surface area contributed by atoms with E-state index in [1.165, 1.54) is 34.1 Å². The molecule has 0 bridgehead atoms. The van der Waals surface area contributed by atoms with Crippen LogP contribution in [0.25, 0.3) is 11.0 Å². The Morgan fingerprint density at radius 1 is 1.26 bits per heavy atom. The van der Waals surface area contributed by atoms with Crippen LogP contribution in [0.4, 0.5) is 0 Å². The lowest BCUT2D eigenvalue weighted by Crippen LogP contribution is -2.22. The number of halogens is 1. The Bertz CT molecular complexity index is 1140. The number of nitrogens with zero attached hydrogens (tertiary/aromatic N) is 4. The van der Waals surface area contributed by atoms with Crippen molar-refractivity contribution in [1.29, 1.82) is 0 Å². The second-order valence-corrected chi connectivity index (χ2v) is 7.86. The molecule has 3 aromatic rings. The molecule has 0 unspecified atom stereocenters. The number of rotatable bonds is 5. The van der Waals surface area contributed by atoms with Gasteiger partial charge in [0.1, 0.15) is 17.6 Å². The van der Waals surface area contributed by atoms with E-state index in [1.54, 1.807) is 20.2 Å². The fraction of sp³-hybridized carbons (Fsp3) is 0.118. The maximum absolute atomic E-state index is 12.6. The lowest BCUT2D eigenvalue weighted by Gasteiger charge is -2.09. The fourth-order valence-electron chi connectivity index (χ4n) is 2.28. The molecule has 8 nitrogen and oxygen atoms in total. The maximum atomic E-state index is 12.6. The van der Waals surface area contributed by atoms with Crippen LogP contribution < -0.4 is 5.43 Å². The molecule has 0 atom stereocenters. The predicted octanol–water partition coefficient (Wildman–Crippen LogP) is 2.35. The lowest BCUT2D eigenvalue weighted by atomic mass is 10.2. The van der Waals surface area contributed by atoms with Gasteiger partial charge in [-0.2, -0.15) is 8.42 Å². The summed E-state index contributed by atoms with van der Waals surface area (Å²) in [6.07, 6.45) is 2.62. The maximum Gasteiger partial charge on any atom is 0.285 e. The van der Waals surface area contributed by atoms with Gasteiger partial charge in [0.25, 0.3) is 15.9 Å². The van der Waals surface area contributed by atoms with Crippen molar-refractivity contribution in [2.75, 3.05) is 19.5 Å². The predicted molar refractivity (Wildman–Crippen MR) is 104 cm³/mol. The summed E-state index contributed by atoms with van der Waals surface area (Å²) in [6, 6.07) is 11.3. The molecule has 0 aliphatic rings. The number of fused-ring (bicyclic) bond motifs is 1. The monoisotopic (exact) mass is 405 g/mol. The van der Waals surface area contributed by atoms with Gasteiger partial charge in [-0.15, -0.1) is 4.40 Å². The minimum Gasteiger partial charge on any atom is -0.368 e. The van der Waals surface area contributed by atoms with E-state index in [2.05, 4.69) is 14.8 Å². The molecule has 0 saturated heterocycles. The van der Waals surface area contributed by atoms with Crippen LogP contribution >= 0.6 is 11.6 Å². The van der Waals surface area contributed by atoms with Crippen LogP contribution in [-0.2, 0) is 10.0 Å².